The first kappa shape index (κ1) is 18.8. The third kappa shape index (κ3) is 4.13. The lowest BCUT2D eigenvalue weighted by atomic mass is 9.93. The molecule has 6 heteroatoms. The fraction of sp³-hybridized carbons (Fsp3) is 0.474. The van der Waals surface area contributed by atoms with E-state index in [1.807, 2.05) is 56.6 Å². The van der Waals surface area contributed by atoms with Crippen molar-refractivity contribution in [2.45, 2.75) is 53.2 Å². The lowest BCUT2D eigenvalue weighted by Gasteiger charge is -2.28. The second kappa shape index (κ2) is 7.59. The van der Waals surface area contributed by atoms with Crippen LogP contribution >= 0.6 is 0 Å². The van der Waals surface area contributed by atoms with Gasteiger partial charge >= 0.3 is 6.03 Å². The molecule has 0 fully saturated rings. The van der Waals surface area contributed by atoms with Crippen molar-refractivity contribution in [2.75, 3.05) is 7.11 Å². The Bertz CT molecular complexity index is 750. The number of carbonyl (C=O) groups excluding carboxylic acids is 1. The Morgan fingerprint density at radius 3 is 2.56 bits per heavy atom. The molecule has 0 aliphatic carbocycles. The van der Waals surface area contributed by atoms with Crippen molar-refractivity contribution in [3.8, 4) is 5.75 Å². The summed E-state index contributed by atoms with van der Waals surface area (Å²) in [6.45, 7) is 11.2. The topological polar surface area (TPSA) is 68.2 Å². The lowest BCUT2D eigenvalue weighted by molar-refractivity contribution is 0.229. The number of carbonyl (C=O) groups is 1. The first-order chi connectivity index (χ1) is 11.8. The number of nitrogens with zero attached hydrogens (tertiary/aromatic N) is 2. The predicted octanol–water partition coefficient (Wildman–Crippen LogP) is 3.26. The summed E-state index contributed by atoms with van der Waals surface area (Å²) >= 11 is 0. The number of aromatic nitrogens is 2. The van der Waals surface area contributed by atoms with E-state index in [1.54, 1.807) is 7.11 Å². The second-order valence-corrected chi connectivity index (χ2v) is 6.60. The van der Waals surface area contributed by atoms with E-state index in [4.69, 9.17) is 4.74 Å². The molecule has 1 aromatic heterocycles. The Hall–Kier alpha value is -2.50. The normalized spacial score (nSPS) is 11.3. The fourth-order valence-corrected chi connectivity index (χ4v) is 3.02. The Morgan fingerprint density at radius 1 is 1.28 bits per heavy atom. The number of aryl methyl sites for hydroxylation is 2. The first-order valence-corrected chi connectivity index (χ1v) is 8.52. The quantitative estimate of drug-likeness (QED) is 0.845. The van der Waals surface area contributed by atoms with Gasteiger partial charge in [-0.05, 0) is 40.7 Å². The van der Waals surface area contributed by atoms with Gasteiger partial charge in [0.15, 0.2) is 0 Å². The van der Waals surface area contributed by atoms with E-state index in [1.165, 1.54) is 0 Å². The average Bonchev–Trinajstić information content (AvgIpc) is 2.86. The molecule has 1 heterocycles. The number of methoxy groups -OCH3 is 1. The average molecular weight is 344 g/mol. The molecule has 0 saturated heterocycles. The Morgan fingerprint density at radius 2 is 1.96 bits per heavy atom. The molecule has 0 saturated carbocycles. The van der Waals surface area contributed by atoms with Crippen LogP contribution in [0.1, 0.15) is 43.3 Å². The number of urea groups is 1. The van der Waals surface area contributed by atoms with Crippen molar-refractivity contribution < 1.29 is 9.53 Å². The Balaban J connectivity index is 2.06. The SMILES string of the molecule is CCn1nc(C)c(CNC(=O)NC(C)(C)c2ccccc2OC)c1C. The molecule has 2 N–H and O–H groups in total. The van der Waals surface area contributed by atoms with E-state index >= 15 is 0 Å². The maximum atomic E-state index is 12.4. The minimum Gasteiger partial charge on any atom is -0.496 e. The molecule has 0 bridgehead atoms. The summed E-state index contributed by atoms with van der Waals surface area (Å²) < 4.78 is 7.35. The minimum absolute atomic E-state index is 0.223. The zero-order valence-electron chi connectivity index (χ0n) is 15.9. The van der Waals surface area contributed by atoms with Crippen molar-refractivity contribution in [1.82, 2.24) is 20.4 Å². The van der Waals surface area contributed by atoms with Crippen molar-refractivity contribution in [2.24, 2.45) is 0 Å². The molecule has 2 aromatic rings. The summed E-state index contributed by atoms with van der Waals surface area (Å²) in [5.41, 5.74) is 3.47. The minimum atomic E-state index is -0.561. The van der Waals surface area contributed by atoms with E-state index in [2.05, 4.69) is 22.7 Å². The molecule has 0 aliphatic heterocycles. The lowest BCUT2D eigenvalue weighted by Crippen LogP contribution is -2.46. The van der Waals surface area contributed by atoms with Crippen LogP contribution in [0.3, 0.4) is 0 Å². The molecular formula is C19H28N4O2. The van der Waals surface area contributed by atoms with Gasteiger partial charge in [-0.3, -0.25) is 4.68 Å². The van der Waals surface area contributed by atoms with Crippen molar-refractivity contribution >= 4 is 6.03 Å². The van der Waals surface area contributed by atoms with Gasteiger partial charge in [-0.2, -0.15) is 5.10 Å². The van der Waals surface area contributed by atoms with Gasteiger partial charge in [0.25, 0.3) is 0 Å². The van der Waals surface area contributed by atoms with E-state index in [-0.39, 0.29) is 6.03 Å². The van der Waals surface area contributed by atoms with Crippen molar-refractivity contribution in [3.05, 3.63) is 46.8 Å². The highest BCUT2D eigenvalue weighted by molar-refractivity contribution is 5.75. The van der Waals surface area contributed by atoms with Crippen LogP contribution in [0.2, 0.25) is 0 Å². The van der Waals surface area contributed by atoms with Crippen LogP contribution in [0.5, 0.6) is 5.75 Å². The number of benzene rings is 1. The van der Waals surface area contributed by atoms with Crippen LogP contribution in [-0.4, -0.2) is 22.9 Å². The number of rotatable bonds is 6. The number of ether oxygens (including phenoxy) is 1. The third-order valence-electron chi connectivity index (χ3n) is 4.46. The zero-order valence-corrected chi connectivity index (χ0v) is 15.9. The molecule has 0 unspecified atom stereocenters. The van der Waals surface area contributed by atoms with Gasteiger partial charge < -0.3 is 15.4 Å². The monoisotopic (exact) mass is 344 g/mol. The van der Waals surface area contributed by atoms with Gasteiger partial charge in [-0.1, -0.05) is 18.2 Å². The maximum Gasteiger partial charge on any atom is 0.315 e. The van der Waals surface area contributed by atoms with Crippen LogP contribution in [0.25, 0.3) is 0 Å². The van der Waals surface area contributed by atoms with Gasteiger partial charge in [-0.25, -0.2) is 4.79 Å². The summed E-state index contributed by atoms with van der Waals surface area (Å²) in [6.07, 6.45) is 0. The van der Waals surface area contributed by atoms with Crippen molar-refractivity contribution in [3.63, 3.8) is 0 Å². The summed E-state index contributed by atoms with van der Waals surface area (Å²) in [7, 11) is 1.63. The largest absolute Gasteiger partial charge is 0.496 e. The number of hydrogen-bond acceptors (Lipinski definition) is 3. The van der Waals surface area contributed by atoms with Crippen LogP contribution in [0.4, 0.5) is 4.79 Å². The molecule has 2 amide bonds. The molecule has 0 spiro atoms. The Labute approximate surface area is 149 Å². The summed E-state index contributed by atoms with van der Waals surface area (Å²) in [5.74, 6) is 0.753. The number of amides is 2. The van der Waals surface area contributed by atoms with E-state index in [9.17, 15) is 4.79 Å². The molecule has 6 nitrogen and oxygen atoms in total. The molecule has 136 valence electrons. The summed E-state index contributed by atoms with van der Waals surface area (Å²) in [5, 5.41) is 10.4. The standard InChI is InChI=1S/C19H28N4O2/c1-7-23-14(3)15(13(2)22-23)12-20-18(24)21-19(4,5)16-10-8-9-11-17(16)25-6/h8-11H,7,12H2,1-6H3,(H2,20,21,24). The van der Waals surface area contributed by atoms with Crippen LogP contribution in [0.15, 0.2) is 24.3 Å². The molecule has 25 heavy (non-hydrogen) atoms. The van der Waals surface area contributed by atoms with E-state index < -0.39 is 5.54 Å². The van der Waals surface area contributed by atoms with E-state index in [0.29, 0.717) is 6.54 Å². The predicted molar refractivity (Wildman–Crippen MR) is 98.8 cm³/mol. The highest BCUT2D eigenvalue weighted by Crippen LogP contribution is 2.29. The van der Waals surface area contributed by atoms with Crippen LogP contribution in [0, 0.1) is 13.8 Å². The third-order valence-corrected chi connectivity index (χ3v) is 4.46. The van der Waals surface area contributed by atoms with Gasteiger partial charge in [0.05, 0.1) is 18.3 Å². The molecular weight excluding hydrogens is 316 g/mol. The highest BCUT2D eigenvalue weighted by atomic mass is 16.5. The number of para-hydroxylation sites is 1. The molecule has 0 aliphatic rings. The van der Waals surface area contributed by atoms with Crippen LogP contribution in [-0.2, 0) is 18.6 Å². The van der Waals surface area contributed by atoms with Gasteiger partial charge in [0.1, 0.15) is 5.75 Å². The van der Waals surface area contributed by atoms with Gasteiger partial charge in [0.2, 0.25) is 0 Å². The molecule has 2 rings (SSSR count). The maximum absolute atomic E-state index is 12.4. The summed E-state index contributed by atoms with van der Waals surface area (Å²) in [6, 6.07) is 7.47. The first-order valence-electron chi connectivity index (χ1n) is 8.52. The molecule has 0 atom stereocenters. The van der Waals surface area contributed by atoms with Gasteiger partial charge in [-0.15, -0.1) is 0 Å². The van der Waals surface area contributed by atoms with Gasteiger partial charge in [0, 0.05) is 29.9 Å². The Kier molecular flexibility index (Phi) is 5.72. The molecule has 0 radical (unpaired) electrons. The van der Waals surface area contributed by atoms with Crippen LogP contribution < -0.4 is 15.4 Å². The van der Waals surface area contributed by atoms with Crippen molar-refractivity contribution in [1.29, 1.82) is 0 Å². The van der Waals surface area contributed by atoms with E-state index in [0.717, 1.165) is 34.8 Å². The fourth-order valence-electron chi connectivity index (χ4n) is 3.02. The molecule has 1 aromatic carbocycles. The zero-order chi connectivity index (χ0) is 18.6. The summed E-state index contributed by atoms with van der Waals surface area (Å²) in [4.78, 5) is 12.4. The second-order valence-electron chi connectivity index (χ2n) is 6.60. The highest BCUT2D eigenvalue weighted by Gasteiger charge is 2.26. The number of nitrogens with one attached hydrogen (secondary N) is 2. The number of hydrogen-bond donors (Lipinski definition) is 2. The smallest absolute Gasteiger partial charge is 0.315 e.